The summed E-state index contributed by atoms with van der Waals surface area (Å²) in [6.45, 7) is 12.1. The molecule has 272 valence electrons. The number of hydrogen-bond donors (Lipinski definition) is 2. The van der Waals surface area contributed by atoms with Crippen molar-refractivity contribution in [2.75, 3.05) is 13.2 Å². The van der Waals surface area contributed by atoms with E-state index in [1.807, 2.05) is 20.8 Å². The molecule has 47 heavy (non-hydrogen) atoms. The molecule has 0 bridgehead atoms. The maximum absolute atomic E-state index is 13.2. The summed E-state index contributed by atoms with van der Waals surface area (Å²) in [7, 11) is 0. The molecule has 0 aromatic heterocycles. The van der Waals surface area contributed by atoms with Crippen molar-refractivity contribution >= 4 is 17.9 Å². The maximum Gasteiger partial charge on any atom is 0.315 e. The zero-order chi connectivity index (χ0) is 34.9. The molecule has 0 spiro atoms. The highest BCUT2D eigenvalue weighted by molar-refractivity contribution is 5.82. The molecule has 2 fully saturated rings. The van der Waals surface area contributed by atoms with E-state index in [1.54, 1.807) is 18.7 Å². The van der Waals surface area contributed by atoms with Gasteiger partial charge < -0.3 is 35.3 Å². The third-order valence-electron chi connectivity index (χ3n) is 10.3. The Labute approximate surface area is 286 Å². The number of nitrogens with one attached hydrogen (secondary N) is 1. The molecular weight excluding hydrogens is 594 g/mol. The summed E-state index contributed by atoms with van der Waals surface area (Å²) in [6.07, 6.45) is 23.1. The van der Waals surface area contributed by atoms with E-state index in [0.717, 1.165) is 57.8 Å². The van der Waals surface area contributed by atoms with Crippen molar-refractivity contribution < 1.29 is 29.0 Å². The third-order valence-corrected chi connectivity index (χ3v) is 10.3. The lowest BCUT2D eigenvalue weighted by molar-refractivity contribution is -0.316. The Morgan fingerprint density at radius 2 is 1.47 bits per heavy atom. The fourth-order valence-electron chi connectivity index (χ4n) is 7.62. The summed E-state index contributed by atoms with van der Waals surface area (Å²) in [5.41, 5.74) is 4.56. The van der Waals surface area contributed by atoms with E-state index in [1.165, 1.54) is 44.9 Å². The first-order chi connectivity index (χ1) is 22.3. The molecule has 0 aromatic rings. The van der Waals surface area contributed by atoms with E-state index >= 15 is 0 Å². The van der Waals surface area contributed by atoms with Crippen LogP contribution in [0.4, 0.5) is 4.79 Å². The quantitative estimate of drug-likeness (QED) is 0.0934. The van der Waals surface area contributed by atoms with Crippen LogP contribution < -0.4 is 16.2 Å². The van der Waals surface area contributed by atoms with Gasteiger partial charge in [-0.15, -0.1) is 0 Å². The number of aliphatic carboxylic acids is 1. The first kappa shape index (κ1) is 41.0. The number of carbonyl (C=O) groups is 3. The van der Waals surface area contributed by atoms with E-state index < -0.39 is 40.8 Å². The van der Waals surface area contributed by atoms with Gasteiger partial charge in [-0.3, -0.25) is 4.79 Å². The highest BCUT2D eigenvalue weighted by Gasteiger charge is 2.49. The molecule has 3 atom stereocenters. The molecule has 2 rings (SSSR count). The normalized spacial score (nSPS) is 21.6. The number of primary amides is 1. The van der Waals surface area contributed by atoms with Crippen LogP contribution in [0, 0.1) is 11.3 Å². The van der Waals surface area contributed by atoms with Gasteiger partial charge in [-0.05, 0) is 72.1 Å². The van der Waals surface area contributed by atoms with Gasteiger partial charge in [0.25, 0.3) is 0 Å². The Bertz CT molecular complexity index is 974. The fraction of sp³-hybridized carbons (Fsp3) is 0.868. The van der Waals surface area contributed by atoms with Gasteiger partial charge in [-0.1, -0.05) is 104 Å². The Kier molecular flexibility index (Phi) is 17.8. The second kappa shape index (κ2) is 20.4. The second-order valence-corrected chi connectivity index (χ2v) is 15.4. The number of carbonyl (C=O) groups excluding carboxylic acids is 3. The van der Waals surface area contributed by atoms with Crippen LogP contribution in [0.2, 0.25) is 0 Å². The number of hydrogen-bond acceptors (Lipinski definition) is 6. The van der Waals surface area contributed by atoms with Crippen LogP contribution in [0.15, 0.2) is 12.2 Å². The highest BCUT2D eigenvalue weighted by atomic mass is 16.7. The number of amides is 3. The molecule has 1 heterocycles. The number of allylic oxidation sites excluding steroid dienone is 2. The molecule has 1 saturated heterocycles. The van der Waals surface area contributed by atoms with E-state index in [2.05, 4.69) is 24.4 Å². The van der Waals surface area contributed by atoms with Gasteiger partial charge in [-0.25, -0.2) is 4.79 Å². The molecule has 3 unspecified atom stereocenters. The maximum atomic E-state index is 13.2. The van der Waals surface area contributed by atoms with E-state index in [9.17, 15) is 19.5 Å². The number of nitrogens with two attached hydrogens (primary N) is 1. The highest BCUT2D eigenvalue weighted by Crippen LogP contribution is 2.43. The Morgan fingerprint density at radius 1 is 0.894 bits per heavy atom. The first-order valence-corrected chi connectivity index (χ1v) is 18.8. The lowest BCUT2D eigenvalue weighted by Crippen LogP contribution is -2.65. The number of nitrogens with zero attached hydrogens (tertiary/aromatic N) is 1. The predicted molar refractivity (Wildman–Crippen MR) is 186 cm³/mol. The van der Waals surface area contributed by atoms with Crippen LogP contribution >= 0.6 is 0 Å². The number of ether oxygens (including phenoxy) is 2. The number of rotatable bonds is 22. The van der Waals surface area contributed by atoms with E-state index in [0.29, 0.717) is 19.4 Å². The lowest BCUT2D eigenvalue weighted by Gasteiger charge is -2.53. The lowest BCUT2D eigenvalue weighted by atomic mass is 9.69. The molecule has 0 aromatic carbocycles. The average Bonchev–Trinajstić information content (AvgIpc) is 3.00. The second-order valence-electron chi connectivity index (χ2n) is 15.4. The average molecular weight is 663 g/mol. The summed E-state index contributed by atoms with van der Waals surface area (Å²) in [5.74, 6) is -3.34. The van der Waals surface area contributed by atoms with Crippen molar-refractivity contribution in [3.05, 3.63) is 12.2 Å². The van der Waals surface area contributed by atoms with Gasteiger partial charge in [0.1, 0.15) is 6.10 Å². The van der Waals surface area contributed by atoms with Crippen molar-refractivity contribution in [3.63, 3.8) is 0 Å². The van der Waals surface area contributed by atoms with Crippen LogP contribution in [-0.2, 0) is 19.1 Å². The van der Waals surface area contributed by atoms with Gasteiger partial charge in [0, 0.05) is 29.9 Å². The zero-order valence-electron chi connectivity index (χ0n) is 30.7. The number of carboxylic acid groups (broad SMARTS) is 1. The molecule has 0 radical (unpaired) electrons. The topological polar surface area (TPSA) is 134 Å². The molecule has 1 aliphatic heterocycles. The van der Waals surface area contributed by atoms with E-state index in [-0.39, 0.29) is 24.9 Å². The minimum atomic E-state index is -1.20. The molecule has 2 aliphatic rings. The summed E-state index contributed by atoms with van der Waals surface area (Å²) in [6, 6.07) is -0.775. The predicted octanol–water partition coefficient (Wildman–Crippen LogP) is 7.16. The van der Waals surface area contributed by atoms with Crippen molar-refractivity contribution in [1.29, 1.82) is 0 Å². The van der Waals surface area contributed by atoms with Gasteiger partial charge in [0.2, 0.25) is 5.91 Å². The van der Waals surface area contributed by atoms with Gasteiger partial charge in [-0.2, -0.15) is 0 Å². The smallest absolute Gasteiger partial charge is 0.315 e. The van der Waals surface area contributed by atoms with Crippen molar-refractivity contribution in [2.24, 2.45) is 17.1 Å². The first-order valence-electron chi connectivity index (χ1n) is 18.8. The summed E-state index contributed by atoms with van der Waals surface area (Å²) in [4.78, 5) is 40.7. The molecular formula is C38H68N3O6-. The van der Waals surface area contributed by atoms with Gasteiger partial charge in [0.15, 0.2) is 5.79 Å². The summed E-state index contributed by atoms with van der Waals surface area (Å²) < 4.78 is 11.7. The van der Waals surface area contributed by atoms with Crippen LogP contribution in [0.1, 0.15) is 164 Å². The Balaban J connectivity index is 1.93. The van der Waals surface area contributed by atoms with Gasteiger partial charge >= 0.3 is 6.03 Å². The third kappa shape index (κ3) is 13.4. The van der Waals surface area contributed by atoms with Crippen LogP contribution in [-0.4, -0.2) is 59.4 Å². The van der Waals surface area contributed by atoms with E-state index in [4.69, 9.17) is 15.2 Å². The standard InChI is InChI=1S/C38H69N3O6/c1-7-8-9-10-11-12-13-14-15-16-17-18-19-21-24-30(2)41(35(39)45)38(26-22-20-23-27-38)31(34(43)44)25-28-40-33(42)32-36(3,4)29-46-37(5,6)47-32/h14-15,30-32H,7-13,16-29H2,1-6H3,(H2,39,45)(H,40,42)(H,43,44)/p-1/b15-14+. The van der Waals surface area contributed by atoms with Crippen molar-refractivity contribution in [2.45, 2.75) is 187 Å². The fourth-order valence-corrected chi connectivity index (χ4v) is 7.62. The number of urea groups is 1. The summed E-state index contributed by atoms with van der Waals surface area (Å²) >= 11 is 0. The molecule has 1 aliphatic carbocycles. The SMILES string of the molecule is CCCCCCCC/C=C/CCCCCCC(C)N(C(N)=O)C1(C(CCNC(=O)C2OC(C)(C)OCC2(C)C)C(=O)[O-])CCCCC1. The largest absolute Gasteiger partial charge is 0.550 e. The molecule has 3 amide bonds. The molecule has 1 saturated carbocycles. The number of unbranched alkanes of at least 4 members (excludes halogenated alkanes) is 10. The molecule has 9 heteroatoms. The van der Waals surface area contributed by atoms with Gasteiger partial charge in [0.05, 0.1) is 12.1 Å². The Morgan fingerprint density at radius 3 is 2.04 bits per heavy atom. The Hall–Kier alpha value is -2.13. The number of carboxylic acids is 1. The van der Waals surface area contributed by atoms with Crippen LogP contribution in [0.3, 0.4) is 0 Å². The molecule has 9 nitrogen and oxygen atoms in total. The van der Waals surface area contributed by atoms with Crippen molar-refractivity contribution in [3.8, 4) is 0 Å². The van der Waals surface area contributed by atoms with Crippen LogP contribution in [0.25, 0.3) is 0 Å². The van der Waals surface area contributed by atoms with Crippen molar-refractivity contribution in [1.82, 2.24) is 10.2 Å². The summed E-state index contributed by atoms with van der Waals surface area (Å²) in [5, 5.41) is 15.7. The minimum absolute atomic E-state index is 0.130. The molecule has 3 N–H and O–H groups in total. The van der Waals surface area contributed by atoms with Crippen LogP contribution in [0.5, 0.6) is 0 Å². The monoisotopic (exact) mass is 663 g/mol. The zero-order valence-corrected chi connectivity index (χ0v) is 30.7. The minimum Gasteiger partial charge on any atom is -0.550 e.